The second kappa shape index (κ2) is 9.90. The zero-order chi connectivity index (χ0) is 19.8. The third kappa shape index (κ3) is 6.89. The van der Waals surface area contributed by atoms with Crippen LogP contribution in [0.1, 0.15) is 36.5 Å². The number of hydrogen-bond acceptors (Lipinski definition) is 2. The Morgan fingerprint density at radius 3 is 2.19 bits per heavy atom. The van der Waals surface area contributed by atoms with Crippen molar-refractivity contribution in [2.45, 2.75) is 39.3 Å². The molecule has 0 radical (unpaired) electrons. The van der Waals surface area contributed by atoms with Gasteiger partial charge in [0.1, 0.15) is 5.75 Å². The molecule has 1 N–H and O–H groups in total. The standard InChI is InChI=1S/C21H26F2N2O2/c1-15(2)18-8-4-16(5-9-18)12-13-24-21(26)25(3)14-17-6-10-19(11-7-17)27-20(22)23/h4-11,15,20H,12-14H2,1-3H3,(H,24,26). The Bertz CT molecular complexity index is 716. The number of alkyl halides is 2. The molecular formula is C21H26F2N2O2. The van der Waals surface area contributed by atoms with E-state index in [1.807, 2.05) is 0 Å². The number of ether oxygens (including phenoxy) is 1. The Kier molecular flexibility index (Phi) is 7.58. The molecule has 4 nitrogen and oxygen atoms in total. The van der Waals surface area contributed by atoms with E-state index in [0.29, 0.717) is 19.0 Å². The first-order chi connectivity index (χ1) is 12.8. The van der Waals surface area contributed by atoms with Crippen LogP contribution in [-0.2, 0) is 13.0 Å². The number of nitrogens with one attached hydrogen (secondary N) is 1. The van der Waals surface area contributed by atoms with Gasteiger partial charge in [0.05, 0.1) is 0 Å². The minimum absolute atomic E-state index is 0.101. The smallest absolute Gasteiger partial charge is 0.387 e. The second-order valence-electron chi connectivity index (χ2n) is 6.76. The van der Waals surface area contributed by atoms with E-state index < -0.39 is 6.61 Å². The number of nitrogens with zero attached hydrogens (tertiary/aromatic N) is 1. The SMILES string of the molecule is CC(C)c1ccc(CCNC(=O)N(C)Cc2ccc(OC(F)F)cc2)cc1. The number of carbonyl (C=O) groups excluding carboxylic acids is 1. The van der Waals surface area contributed by atoms with Gasteiger partial charge in [-0.25, -0.2) is 4.79 Å². The molecule has 0 bridgehead atoms. The lowest BCUT2D eigenvalue weighted by Gasteiger charge is -2.18. The minimum atomic E-state index is -2.84. The van der Waals surface area contributed by atoms with Gasteiger partial charge >= 0.3 is 12.6 Å². The van der Waals surface area contributed by atoms with Crippen molar-refractivity contribution in [3.05, 3.63) is 65.2 Å². The third-order valence-electron chi connectivity index (χ3n) is 4.25. The van der Waals surface area contributed by atoms with Gasteiger partial charge in [0.25, 0.3) is 0 Å². The van der Waals surface area contributed by atoms with Gasteiger partial charge in [-0.3, -0.25) is 0 Å². The maximum atomic E-state index is 12.2. The van der Waals surface area contributed by atoms with Gasteiger partial charge < -0.3 is 15.0 Å². The molecule has 2 rings (SSSR count). The minimum Gasteiger partial charge on any atom is -0.435 e. The molecule has 0 aliphatic rings. The predicted octanol–water partition coefficient (Wildman–Crippen LogP) is 4.80. The first-order valence-corrected chi connectivity index (χ1v) is 8.96. The fraction of sp³-hybridized carbons (Fsp3) is 0.381. The summed E-state index contributed by atoms with van der Waals surface area (Å²) in [5.74, 6) is 0.604. The molecule has 0 saturated carbocycles. The van der Waals surface area contributed by atoms with Gasteiger partial charge in [-0.15, -0.1) is 0 Å². The Hall–Kier alpha value is -2.63. The summed E-state index contributed by atoms with van der Waals surface area (Å²) in [5.41, 5.74) is 3.31. The van der Waals surface area contributed by atoms with E-state index in [1.54, 1.807) is 24.1 Å². The molecule has 0 atom stereocenters. The number of halogens is 2. The number of hydrogen-bond donors (Lipinski definition) is 1. The maximum absolute atomic E-state index is 12.2. The molecule has 27 heavy (non-hydrogen) atoms. The van der Waals surface area contributed by atoms with Crippen LogP contribution in [0.2, 0.25) is 0 Å². The molecule has 0 spiro atoms. The molecule has 6 heteroatoms. The monoisotopic (exact) mass is 376 g/mol. The molecule has 0 saturated heterocycles. The highest BCUT2D eigenvalue weighted by Gasteiger charge is 2.09. The van der Waals surface area contributed by atoms with E-state index in [1.165, 1.54) is 23.3 Å². The van der Waals surface area contributed by atoms with Gasteiger partial charge in [0, 0.05) is 20.1 Å². The topological polar surface area (TPSA) is 41.6 Å². The molecule has 2 aromatic carbocycles. The Labute approximate surface area is 159 Å². The first kappa shape index (κ1) is 20.7. The van der Waals surface area contributed by atoms with Crippen LogP contribution in [0.5, 0.6) is 5.75 Å². The van der Waals surface area contributed by atoms with Crippen LogP contribution in [0.15, 0.2) is 48.5 Å². The summed E-state index contributed by atoms with van der Waals surface area (Å²) < 4.78 is 28.6. The summed E-state index contributed by atoms with van der Waals surface area (Å²) in [5, 5.41) is 2.89. The Balaban J connectivity index is 1.76. The lowest BCUT2D eigenvalue weighted by Crippen LogP contribution is -2.37. The maximum Gasteiger partial charge on any atom is 0.387 e. The van der Waals surface area contributed by atoms with E-state index in [4.69, 9.17) is 0 Å². The molecule has 146 valence electrons. The molecule has 0 fully saturated rings. The van der Waals surface area contributed by atoms with Gasteiger partial charge in [0.2, 0.25) is 0 Å². The summed E-state index contributed by atoms with van der Waals surface area (Å²) >= 11 is 0. The highest BCUT2D eigenvalue weighted by Crippen LogP contribution is 2.16. The number of urea groups is 1. The zero-order valence-electron chi connectivity index (χ0n) is 15.9. The van der Waals surface area contributed by atoms with E-state index in [2.05, 4.69) is 48.2 Å². The summed E-state index contributed by atoms with van der Waals surface area (Å²) in [6.45, 7) is 2.40. The van der Waals surface area contributed by atoms with E-state index in [0.717, 1.165) is 12.0 Å². The summed E-state index contributed by atoms with van der Waals surface area (Å²) in [6, 6.07) is 14.5. The predicted molar refractivity (Wildman–Crippen MR) is 102 cm³/mol. The Morgan fingerprint density at radius 1 is 1.04 bits per heavy atom. The van der Waals surface area contributed by atoms with Gasteiger partial charge in [0.15, 0.2) is 0 Å². The lowest BCUT2D eigenvalue weighted by molar-refractivity contribution is -0.0498. The molecule has 0 aliphatic carbocycles. The molecule has 0 unspecified atom stereocenters. The van der Waals surface area contributed by atoms with Crippen LogP contribution in [0, 0.1) is 0 Å². The molecule has 0 aromatic heterocycles. The summed E-state index contributed by atoms with van der Waals surface area (Å²) in [7, 11) is 1.69. The molecule has 2 amide bonds. The molecule has 0 aliphatic heterocycles. The van der Waals surface area contributed by atoms with Crippen LogP contribution >= 0.6 is 0 Å². The Morgan fingerprint density at radius 2 is 1.63 bits per heavy atom. The van der Waals surface area contributed by atoms with Crippen molar-refractivity contribution in [1.29, 1.82) is 0 Å². The third-order valence-corrected chi connectivity index (χ3v) is 4.25. The summed E-state index contributed by atoms with van der Waals surface area (Å²) in [4.78, 5) is 13.7. The average molecular weight is 376 g/mol. The number of rotatable bonds is 8. The van der Waals surface area contributed by atoms with Crippen LogP contribution in [-0.4, -0.2) is 31.1 Å². The van der Waals surface area contributed by atoms with E-state index in [-0.39, 0.29) is 11.8 Å². The fourth-order valence-electron chi connectivity index (χ4n) is 2.64. The normalized spacial score (nSPS) is 10.9. The largest absolute Gasteiger partial charge is 0.435 e. The fourth-order valence-corrected chi connectivity index (χ4v) is 2.64. The van der Waals surface area contributed by atoms with Gasteiger partial charge in [-0.2, -0.15) is 8.78 Å². The van der Waals surface area contributed by atoms with Crippen LogP contribution in [0.25, 0.3) is 0 Å². The van der Waals surface area contributed by atoms with Crippen LogP contribution in [0.4, 0.5) is 13.6 Å². The number of amides is 2. The van der Waals surface area contributed by atoms with E-state index in [9.17, 15) is 13.6 Å². The van der Waals surface area contributed by atoms with Gasteiger partial charge in [-0.1, -0.05) is 50.2 Å². The van der Waals surface area contributed by atoms with Crippen molar-refractivity contribution in [2.75, 3.05) is 13.6 Å². The van der Waals surface area contributed by atoms with Crippen molar-refractivity contribution in [1.82, 2.24) is 10.2 Å². The van der Waals surface area contributed by atoms with Crippen LogP contribution in [0.3, 0.4) is 0 Å². The molecule has 2 aromatic rings. The lowest BCUT2D eigenvalue weighted by atomic mass is 10.0. The van der Waals surface area contributed by atoms with Crippen molar-refractivity contribution >= 4 is 6.03 Å². The molecular weight excluding hydrogens is 350 g/mol. The molecule has 0 heterocycles. The summed E-state index contributed by atoms with van der Waals surface area (Å²) in [6.07, 6.45) is 0.762. The quantitative estimate of drug-likeness (QED) is 0.719. The first-order valence-electron chi connectivity index (χ1n) is 8.96. The van der Waals surface area contributed by atoms with Crippen molar-refractivity contribution in [3.8, 4) is 5.75 Å². The zero-order valence-corrected chi connectivity index (χ0v) is 15.9. The van der Waals surface area contributed by atoms with Crippen molar-refractivity contribution in [2.24, 2.45) is 0 Å². The highest BCUT2D eigenvalue weighted by molar-refractivity contribution is 5.73. The van der Waals surface area contributed by atoms with E-state index >= 15 is 0 Å². The second-order valence-corrected chi connectivity index (χ2v) is 6.76. The van der Waals surface area contributed by atoms with Crippen LogP contribution < -0.4 is 10.1 Å². The van der Waals surface area contributed by atoms with Crippen molar-refractivity contribution in [3.63, 3.8) is 0 Å². The van der Waals surface area contributed by atoms with Gasteiger partial charge in [-0.05, 0) is 41.2 Å². The number of benzene rings is 2. The number of carbonyl (C=O) groups is 1. The highest BCUT2D eigenvalue weighted by atomic mass is 19.3. The average Bonchev–Trinajstić information content (AvgIpc) is 2.63. The van der Waals surface area contributed by atoms with Crippen molar-refractivity contribution < 1.29 is 18.3 Å².